The van der Waals surface area contributed by atoms with Crippen LogP contribution in [0.4, 0.5) is 0 Å². The monoisotopic (exact) mass is 332 g/mol. The predicted octanol–water partition coefficient (Wildman–Crippen LogP) is 0.249. The molecule has 116 valence electrons. The highest BCUT2D eigenvalue weighted by Crippen LogP contribution is 2.32. The van der Waals surface area contributed by atoms with E-state index in [-0.39, 0.29) is 17.1 Å². The van der Waals surface area contributed by atoms with E-state index >= 15 is 0 Å². The Morgan fingerprint density at radius 2 is 2.19 bits per heavy atom. The van der Waals surface area contributed by atoms with Gasteiger partial charge in [-0.3, -0.25) is 4.79 Å². The minimum Gasteiger partial charge on any atom is -0.365 e. The highest BCUT2D eigenvalue weighted by molar-refractivity contribution is 7.87. The summed E-state index contributed by atoms with van der Waals surface area (Å²) < 4.78 is 29.2. The van der Waals surface area contributed by atoms with Gasteiger partial charge in [-0.05, 0) is 0 Å². The standard InChI is InChI=1S/C12H17ClN4O3S/c1-3-4-8-11(13)10(12(14)18)9-7-16(5-6-17(8)9)21(19,20)15-2/h3,15H,1,4-7H2,2H3,(H2,14,18). The van der Waals surface area contributed by atoms with Gasteiger partial charge < -0.3 is 10.3 Å². The number of hydrogen-bond acceptors (Lipinski definition) is 3. The van der Waals surface area contributed by atoms with E-state index in [1.165, 1.54) is 11.4 Å². The number of primary amides is 1. The maximum atomic E-state index is 11.9. The molecule has 2 rings (SSSR count). The molecular weight excluding hydrogens is 316 g/mol. The molecule has 7 nitrogen and oxygen atoms in total. The normalized spacial score (nSPS) is 15.7. The largest absolute Gasteiger partial charge is 0.365 e. The molecule has 1 aromatic heterocycles. The second-order valence-electron chi connectivity index (χ2n) is 4.63. The number of nitrogens with one attached hydrogen (secondary N) is 1. The van der Waals surface area contributed by atoms with Crippen molar-refractivity contribution in [3.63, 3.8) is 0 Å². The third-order valence-electron chi connectivity index (χ3n) is 3.49. The third kappa shape index (κ3) is 2.71. The number of rotatable bonds is 5. The van der Waals surface area contributed by atoms with Gasteiger partial charge in [0, 0.05) is 37.9 Å². The summed E-state index contributed by atoms with van der Waals surface area (Å²) in [6.45, 7) is 4.42. The number of carbonyl (C=O) groups excluding carboxylic acids is 1. The Labute approximate surface area is 128 Å². The lowest BCUT2D eigenvalue weighted by atomic mass is 10.2. The van der Waals surface area contributed by atoms with E-state index in [4.69, 9.17) is 17.3 Å². The molecule has 1 aliphatic heterocycles. The van der Waals surface area contributed by atoms with Crippen molar-refractivity contribution in [2.75, 3.05) is 13.6 Å². The number of allylic oxidation sites excluding steroid dienone is 1. The average Bonchev–Trinajstić information content (AvgIpc) is 2.71. The maximum Gasteiger partial charge on any atom is 0.279 e. The molecule has 9 heteroatoms. The fourth-order valence-corrected chi connectivity index (χ4v) is 3.75. The molecule has 0 spiro atoms. The van der Waals surface area contributed by atoms with E-state index in [2.05, 4.69) is 11.3 Å². The number of hydrogen-bond donors (Lipinski definition) is 2. The Bertz CT molecular complexity index is 696. The minimum absolute atomic E-state index is 0.0539. The van der Waals surface area contributed by atoms with E-state index in [9.17, 15) is 13.2 Å². The van der Waals surface area contributed by atoms with Crippen LogP contribution < -0.4 is 10.5 Å². The quantitative estimate of drug-likeness (QED) is 0.756. The fourth-order valence-electron chi connectivity index (χ4n) is 2.50. The third-order valence-corrected chi connectivity index (χ3v) is 5.41. The molecule has 0 atom stereocenters. The van der Waals surface area contributed by atoms with Crippen molar-refractivity contribution < 1.29 is 13.2 Å². The number of nitrogens with two attached hydrogens (primary N) is 1. The Hall–Kier alpha value is -1.35. The molecule has 0 aromatic carbocycles. The van der Waals surface area contributed by atoms with Crippen LogP contribution >= 0.6 is 11.6 Å². The summed E-state index contributed by atoms with van der Waals surface area (Å²) >= 11 is 6.24. The van der Waals surface area contributed by atoms with Crippen molar-refractivity contribution in [3.8, 4) is 0 Å². The van der Waals surface area contributed by atoms with Gasteiger partial charge in [0.2, 0.25) is 0 Å². The van der Waals surface area contributed by atoms with E-state index in [0.717, 1.165) is 5.69 Å². The molecule has 1 aliphatic rings. The van der Waals surface area contributed by atoms with Crippen molar-refractivity contribution >= 4 is 27.7 Å². The van der Waals surface area contributed by atoms with Crippen LogP contribution in [0.5, 0.6) is 0 Å². The fraction of sp³-hybridized carbons (Fsp3) is 0.417. The van der Waals surface area contributed by atoms with Crippen LogP contribution in [0.25, 0.3) is 0 Å². The van der Waals surface area contributed by atoms with E-state index in [0.29, 0.717) is 25.2 Å². The highest BCUT2D eigenvalue weighted by Gasteiger charge is 2.32. The summed E-state index contributed by atoms with van der Waals surface area (Å²) in [5, 5.41) is 0.279. The Kier molecular flexibility index (Phi) is 4.43. The van der Waals surface area contributed by atoms with E-state index < -0.39 is 16.1 Å². The minimum atomic E-state index is -3.57. The zero-order valence-electron chi connectivity index (χ0n) is 11.6. The molecule has 0 aliphatic carbocycles. The molecule has 0 radical (unpaired) electrons. The van der Waals surface area contributed by atoms with Gasteiger partial charge in [-0.2, -0.15) is 12.7 Å². The van der Waals surface area contributed by atoms with Gasteiger partial charge in [0.05, 0.1) is 17.1 Å². The van der Waals surface area contributed by atoms with Crippen molar-refractivity contribution in [3.05, 3.63) is 34.6 Å². The molecule has 1 aromatic rings. The number of nitrogens with zero attached hydrogens (tertiary/aromatic N) is 2. The van der Waals surface area contributed by atoms with Crippen molar-refractivity contribution in [1.29, 1.82) is 0 Å². The zero-order chi connectivity index (χ0) is 15.8. The Balaban J connectivity index is 2.54. The van der Waals surface area contributed by atoms with E-state index in [1.807, 2.05) is 4.57 Å². The molecule has 3 N–H and O–H groups in total. The van der Waals surface area contributed by atoms with Crippen LogP contribution in [-0.4, -0.2) is 36.8 Å². The van der Waals surface area contributed by atoms with Gasteiger partial charge in [0.25, 0.3) is 16.1 Å². The summed E-state index contributed by atoms with van der Waals surface area (Å²) in [5.74, 6) is -0.664. The lowest BCUT2D eigenvalue weighted by molar-refractivity contribution is 0.0998. The second kappa shape index (κ2) is 5.80. The summed E-state index contributed by atoms with van der Waals surface area (Å²) in [7, 11) is -2.23. The van der Waals surface area contributed by atoms with Crippen molar-refractivity contribution in [2.24, 2.45) is 5.73 Å². The van der Waals surface area contributed by atoms with Crippen molar-refractivity contribution in [2.45, 2.75) is 19.5 Å². The zero-order valence-corrected chi connectivity index (χ0v) is 13.2. The first-order valence-corrected chi connectivity index (χ1v) is 8.14. The lowest BCUT2D eigenvalue weighted by Crippen LogP contribution is -2.44. The van der Waals surface area contributed by atoms with Crippen LogP contribution in [0, 0.1) is 0 Å². The first kappa shape index (κ1) is 16.0. The van der Waals surface area contributed by atoms with Gasteiger partial charge in [-0.25, -0.2) is 4.72 Å². The molecule has 21 heavy (non-hydrogen) atoms. The summed E-state index contributed by atoms with van der Waals surface area (Å²) in [4.78, 5) is 11.7. The summed E-state index contributed by atoms with van der Waals surface area (Å²) in [6, 6.07) is 0. The van der Waals surface area contributed by atoms with Gasteiger partial charge in [-0.15, -0.1) is 6.58 Å². The Morgan fingerprint density at radius 1 is 1.52 bits per heavy atom. The van der Waals surface area contributed by atoms with Crippen LogP contribution in [0.3, 0.4) is 0 Å². The lowest BCUT2D eigenvalue weighted by Gasteiger charge is -2.28. The molecule has 0 saturated heterocycles. The van der Waals surface area contributed by atoms with Gasteiger partial charge in [0.1, 0.15) is 0 Å². The van der Waals surface area contributed by atoms with E-state index in [1.54, 1.807) is 6.08 Å². The SMILES string of the molecule is C=CCc1c(Cl)c(C(N)=O)c2n1CCN(S(=O)(=O)NC)C2. The average molecular weight is 333 g/mol. The topological polar surface area (TPSA) is 97.4 Å². The summed E-state index contributed by atoms with van der Waals surface area (Å²) in [6.07, 6.45) is 2.16. The molecule has 0 fully saturated rings. The van der Waals surface area contributed by atoms with Crippen LogP contribution in [-0.2, 0) is 29.7 Å². The van der Waals surface area contributed by atoms with Crippen LogP contribution in [0.1, 0.15) is 21.7 Å². The highest BCUT2D eigenvalue weighted by atomic mass is 35.5. The number of halogens is 1. The van der Waals surface area contributed by atoms with Gasteiger partial charge >= 0.3 is 0 Å². The van der Waals surface area contributed by atoms with Gasteiger partial charge in [-0.1, -0.05) is 17.7 Å². The number of carbonyl (C=O) groups is 1. The van der Waals surface area contributed by atoms with Crippen LogP contribution in [0.15, 0.2) is 12.7 Å². The molecule has 1 amide bonds. The molecule has 2 heterocycles. The molecule has 0 bridgehead atoms. The number of amides is 1. The first-order valence-electron chi connectivity index (χ1n) is 6.32. The molecule has 0 saturated carbocycles. The summed E-state index contributed by atoms with van der Waals surface area (Å²) in [5.41, 5.74) is 6.83. The molecule has 0 unspecified atom stereocenters. The van der Waals surface area contributed by atoms with Gasteiger partial charge in [0.15, 0.2) is 0 Å². The predicted molar refractivity (Wildman–Crippen MR) is 80.3 cm³/mol. The van der Waals surface area contributed by atoms with Crippen molar-refractivity contribution in [1.82, 2.24) is 13.6 Å². The number of fused-ring (bicyclic) bond motifs is 1. The second-order valence-corrected chi connectivity index (χ2v) is 6.89. The molecular formula is C12H17ClN4O3S. The first-order chi connectivity index (χ1) is 9.83. The Morgan fingerprint density at radius 3 is 2.71 bits per heavy atom. The maximum absolute atomic E-state index is 11.9. The van der Waals surface area contributed by atoms with Crippen LogP contribution in [0.2, 0.25) is 5.02 Å². The smallest absolute Gasteiger partial charge is 0.279 e. The number of aromatic nitrogens is 1.